The SMILES string of the molecule is O=C(OCCO)C(=C(c1cccc(C(=O)O)c1)c1cccc(C(=O)O)c1)c1cccc(C(=O)O)c1. The summed E-state index contributed by atoms with van der Waals surface area (Å²) in [5.74, 6) is -4.60. The van der Waals surface area contributed by atoms with Crippen LogP contribution in [-0.2, 0) is 9.53 Å². The highest BCUT2D eigenvalue weighted by atomic mass is 16.5. The van der Waals surface area contributed by atoms with Gasteiger partial charge in [0.25, 0.3) is 0 Å². The Morgan fingerprint density at radius 3 is 1.37 bits per heavy atom. The Labute approximate surface area is 199 Å². The summed E-state index contributed by atoms with van der Waals surface area (Å²) < 4.78 is 5.16. The lowest BCUT2D eigenvalue weighted by Crippen LogP contribution is -2.13. The minimum atomic E-state index is -1.24. The second-order valence-corrected chi connectivity index (χ2v) is 7.27. The second-order valence-electron chi connectivity index (χ2n) is 7.27. The number of aliphatic hydroxyl groups excluding tert-OH is 1. The molecular formula is C26H20O9. The van der Waals surface area contributed by atoms with Crippen LogP contribution in [0.3, 0.4) is 0 Å². The largest absolute Gasteiger partial charge is 0.478 e. The molecule has 35 heavy (non-hydrogen) atoms. The van der Waals surface area contributed by atoms with Crippen LogP contribution in [0, 0.1) is 0 Å². The number of aliphatic hydroxyl groups is 1. The van der Waals surface area contributed by atoms with E-state index in [-0.39, 0.29) is 51.1 Å². The van der Waals surface area contributed by atoms with Gasteiger partial charge in [0, 0.05) is 5.57 Å². The van der Waals surface area contributed by atoms with Crippen LogP contribution in [0.4, 0.5) is 0 Å². The first-order chi connectivity index (χ1) is 16.7. The molecule has 0 bridgehead atoms. The number of carboxylic acid groups (broad SMARTS) is 3. The molecule has 9 nitrogen and oxygen atoms in total. The van der Waals surface area contributed by atoms with Gasteiger partial charge in [0.15, 0.2) is 0 Å². The molecule has 0 saturated heterocycles. The zero-order valence-electron chi connectivity index (χ0n) is 18.2. The summed E-state index contributed by atoms with van der Waals surface area (Å²) in [5, 5.41) is 37.6. The van der Waals surface area contributed by atoms with E-state index < -0.39 is 30.5 Å². The number of ether oxygens (including phenoxy) is 1. The maximum atomic E-state index is 13.2. The molecule has 0 aliphatic carbocycles. The first-order valence-electron chi connectivity index (χ1n) is 10.3. The van der Waals surface area contributed by atoms with Crippen LogP contribution in [0.2, 0.25) is 0 Å². The zero-order valence-corrected chi connectivity index (χ0v) is 18.2. The van der Waals surface area contributed by atoms with Crippen LogP contribution >= 0.6 is 0 Å². The summed E-state index contributed by atoms with van der Waals surface area (Å²) in [7, 11) is 0. The van der Waals surface area contributed by atoms with Gasteiger partial charge in [-0.2, -0.15) is 0 Å². The van der Waals surface area contributed by atoms with E-state index >= 15 is 0 Å². The van der Waals surface area contributed by atoms with Gasteiger partial charge >= 0.3 is 23.9 Å². The van der Waals surface area contributed by atoms with E-state index in [0.717, 1.165) is 0 Å². The molecule has 0 saturated carbocycles. The van der Waals surface area contributed by atoms with E-state index in [1.807, 2.05) is 0 Å². The molecule has 0 fully saturated rings. The molecule has 0 spiro atoms. The minimum absolute atomic E-state index is 0.0863. The van der Waals surface area contributed by atoms with E-state index in [1.54, 1.807) is 0 Å². The molecule has 0 aromatic heterocycles. The number of rotatable bonds is 9. The standard InChI is InChI=1S/C26H20O9/c27-10-11-35-26(34)22(17-6-3-9-20(14-17)25(32)33)21(15-4-1-7-18(12-15)23(28)29)16-5-2-8-19(13-16)24(30)31/h1-9,12-14,27H,10-11H2,(H,28,29)(H,30,31)(H,32,33). The Hall–Kier alpha value is -4.76. The quantitative estimate of drug-likeness (QED) is 0.207. The predicted octanol–water partition coefficient (Wildman–Crippen LogP) is 3.28. The smallest absolute Gasteiger partial charge is 0.339 e. The number of carboxylic acids is 3. The van der Waals surface area contributed by atoms with Crippen LogP contribution < -0.4 is 0 Å². The van der Waals surface area contributed by atoms with Crippen LogP contribution in [0.5, 0.6) is 0 Å². The molecule has 0 aliphatic heterocycles. The lowest BCUT2D eigenvalue weighted by atomic mass is 9.87. The monoisotopic (exact) mass is 476 g/mol. The molecule has 0 heterocycles. The molecular weight excluding hydrogens is 456 g/mol. The van der Waals surface area contributed by atoms with E-state index in [0.29, 0.717) is 0 Å². The van der Waals surface area contributed by atoms with Gasteiger partial charge in [-0.25, -0.2) is 19.2 Å². The van der Waals surface area contributed by atoms with Crippen LogP contribution in [0.15, 0.2) is 72.8 Å². The number of benzene rings is 3. The summed E-state index contributed by atoms with van der Waals surface area (Å²) in [4.78, 5) is 48.0. The molecule has 9 heteroatoms. The number of aromatic carboxylic acids is 3. The van der Waals surface area contributed by atoms with Crippen LogP contribution in [0.25, 0.3) is 11.1 Å². The van der Waals surface area contributed by atoms with Gasteiger partial charge in [-0.05, 0) is 53.1 Å². The molecule has 0 aliphatic rings. The molecule has 0 amide bonds. The molecule has 178 valence electrons. The summed E-state index contributed by atoms with van der Waals surface area (Å²) in [6.45, 7) is -0.814. The van der Waals surface area contributed by atoms with Gasteiger partial charge in [-0.3, -0.25) is 0 Å². The molecule has 0 atom stereocenters. The first-order valence-corrected chi connectivity index (χ1v) is 10.3. The Bertz CT molecular complexity index is 1280. The zero-order chi connectivity index (χ0) is 25.5. The van der Waals surface area contributed by atoms with Crippen molar-refractivity contribution in [3.63, 3.8) is 0 Å². The highest BCUT2D eigenvalue weighted by molar-refractivity contribution is 6.27. The van der Waals surface area contributed by atoms with Gasteiger partial charge in [-0.15, -0.1) is 0 Å². The number of carbonyl (C=O) groups excluding carboxylic acids is 1. The molecule has 4 N–H and O–H groups in total. The highest BCUT2D eigenvalue weighted by Crippen LogP contribution is 2.34. The molecule has 3 aromatic rings. The summed E-state index contributed by atoms with van der Waals surface area (Å²) in [6, 6.07) is 16.8. The number of esters is 1. The Morgan fingerprint density at radius 2 is 0.971 bits per heavy atom. The van der Waals surface area contributed by atoms with Crippen molar-refractivity contribution in [2.75, 3.05) is 13.2 Å². The van der Waals surface area contributed by atoms with Gasteiger partial charge in [0.2, 0.25) is 0 Å². The lowest BCUT2D eigenvalue weighted by Gasteiger charge is -2.17. The molecule has 3 rings (SSSR count). The second kappa shape index (κ2) is 10.9. The molecule has 0 radical (unpaired) electrons. The third-order valence-corrected chi connectivity index (χ3v) is 4.97. The van der Waals surface area contributed by atoms with Crippen molar-refractivity contribution >= 4 is 35.0 Å². The Kier molecular flexibility index (Phi) is 7.75. The molecule has 0 unspecified atom stereocenters. The van der Waals surface area contributed by atoms with Gasteiger partial charge < -0.3 is 25.2 Å². The van der Waals surface area contributed by atoms with Gasteiger partial charge in [0.1, 0.15) is 6.61 Å². The summed E-state index contributed by atoms with van der Waals surface area (Å²) >= 11 is 0. The highest BCUT2D eigenvalue weighted by Gasteiger charge is 2.24. The van der Waals surface area contributed by atoms with E-state index in [9.17, 15) is 34.5 Å². The van der Waals surface area contributed by atoms with E-state index in [2.05, 4.69) is 0 Å². The molecule has 3 aromatic carbocycles. The van der Waals surface area contributed by atoms with Crippen LogP contribution in [0.1, 0.15) is 47.8 Å². The average Bonchev–Trinajstić information content (AvgIpc) is 2.85. The first kappa shape index (κ1) is 24.9. The van der Waals surface area contributed by atoms with Crippen molar-refractivity contribution in [3.8, 4) is 0 Å². The van der Waals surface area contributed by atoms with Gasteiger partial charge in [-0.1, -0.05) is 36.4 Å². The number of hydrogen-bond donors (Lipinski definition) is 4. The predicted molar refractivity (Wildman–Crippen MR) is 124 cm³/mol. The maximum absolute atomic E-state index is 13.2. The van der Waals surface area contributed by atoms with Crippen molar-refractivity contribution in [1.82, 2.24) is 0 Å². The van der Waals surface area contributed by atoms with E-state index in [4.69, 9.17) is 9.84 Å². The van der Waals surface area contributed by atoms with Crippen molar-refractivity contribution < 1.29 is 44.3 Å². The van der Waals surface area contributed by atoms with Crippen molar-refractivity contribution in [3.05, 3.63) is 106 Å². The minimum Gasteiger partial charge on any atom is -0.478 e. The fourth-order valence-electron chi connectivity index (χ4n) is 3.45. The van der Waals surface area contributed by atoms with Gasteiger partial charge in [0.05, 0.1) is 28.9 Å². The van der Waals surface area contributed by atoms with Crippen LogP contribution in [-0.4, -0.2) is 57.5 Å². The Balaban J connectivity index is 2.44. The fraction of sp³-hybridized carbons (Fsp3) is 0.0769. The summed E-state index contributed by atoms with van der Waals surface area (Å²) in [6.07, 6.45) is 0. The van der Waals surface area contributed by atoms with Crippen molar-refractivity contribution in [2.45, 2.75) is 0 Å². The topological polar surface area (TPSA) is 158 Å². The summed E-state index contributed by atoms with van der Waals surface area (Å²) in [5.41, 5.74) is 0.354. The Morgan fingerprint density at radius 1 is 0.600 bits per heavy atom. The van der Waals surface area contributed by atoms with Crippen molar-refractivity contribution in [2.24, 2.45) is 0 Å². The maximum Gasteiger partial charge on any atom is 0.339 e. The third kappa shape index (κ3) is 5.79. The fourth-order valence-corrected chi connectivity index (χ4v) is 3.45. The average molecular weight is 476 g/mol. The van der Waals surface area contributed by atoms with E-state index in [1.165, 1.54) is 72.8 Å². The van der Waals surface area contributed by atoms with Crippen molar-refractivity contribution in [1.29, 1.82) is 0 Å². The number of carbonyl (C=O) groups is 4. The normalized spacial score (nSPS) is 10.3. The third-order valence-electron chi connectivity index (χ3n) is 4.97. The lowest BCUT2D eigenvalue weighted by molar-refractivity contribution is -0.137. The number of hydrogen-bond acceptors (Lipinski definition) is 6.